The summed E-state index contributed by atoms with van der Waals surface area (Å²) in [6.45, 7) is 14.0. The van der Waals surface area contributed by atoms with Crippen molar-refractivity contribution in [1.82, 2.24) is 16.4 Å². The topological polar surface area (TPSA) is 130 Å². The predicted octanol–water partition coefficient (Wildman–Crippen LogP) is 4.78. The molecular formula is C25H54ClN3O3. The lowest BCUT2D eigenvalue weighted by Crippen LogP contribution is -2.56. The summed E-state index contributed by atoms with van der Waals surface area (Å²) in [5, 5.41) is 3.77. The van der Waals surface area contributed by atoms with Gasteiger partial charge in [-0.2, -0.15) is 0 Å². The molecule has 1 saturated heterocycles. The molecule has 0 saturated carbocycles. The fraction of sp³-hybridized carbons (Fsp3) is 0.880. The van der Waals surface area contributed by atoms with Crippen LogP contribution >= 0.6 is 11.6 Å². The van der Waals surface area contributed by atoms with Crippen molar-refractivity contribution < 1.29 is 15.7 Å². The summed E-state index contributed by atoms with van der Waals surface area (Å²) in [7, 11) is 0. The number of carbonyl (C=O) groups excluding carboxylic acids is 1. The zero-order valence-electron chi connectivity index (χ0n) is 20.6. The first kappa shape index (κ1) is 35.9. The van der Waals surface area contributed by atoms with E-state index in [2.05, 4.69) is 57.0 Å². The van der Waals surface area contributed by atoms with Crippen LogP contribution in [0.15, 0.2) is 12.2 Å². The molecule has 1 amide bonds. The van der Waals surface area contributed by atoms with Crippen molar-refractivity contribution >= 4 is 17.5 Å². The number of rotatable bonds is 9. The van der Waals surface area contributed by atoms with Gasteiger partial charge in [0.1, 0.15) is 0 Å². The van der Waals surface area contributed by atoms with Crippen LogP contribution in [0.1, 0.15) is 87.0 Å². The van der Waals surface area contributed by atoms with E-state index in [1.54, 1.807) is 0 Å². The molecule has 4 atom stereocenters. The molecule has 2 unspecified atom stereocenters. The average molecular weight is 480 g/mol. The summed E-state index contributed by atoms with van der Waals surface area (Å²) in [4.78, 5) is 15.4. The summed E-state index contributed by atoms with van der Waals surface area (Å²) in [5.41, 5.74) is 0.144. The first-order chi connectivity index (χ1) is 13.3. The summed E-state index contributed by atoms with van der Waals surface area (Å²) in [6.07, 6.45) is 12.8. The van der Waals surface area contributed by atoms with E-state index < -0.39 is 0 Å². The summed E-state index contributed by atoms with van der Waals surface area (Å²) < 4.78 is 0. The standard InChI is InChI=1S/C24H43ClN2O.CH4.H3N.2H2O/c1-6-7-8-9-15-26-22(18(2)3)23(28)27-16-14-21(24(4,5)17-27)19-10-12-20(25)13-11-19;;;;/h10,12,18-22,26H,6-9,11,13-17H2,1-5H3;1H4;1H3;2*1H2/t19?,20?,21-,22-;;;;/m1..../s1. The van der Waals surface area contributed by atoms with Crippen LogP contribution in [0.3, 0.4) is 0 Å². The number of hydrogen-bond donors (Lipinski definition) is 2. The number of unbranched alkanes of at least 4 members (excludes halogenated alkanes) is 3. The van der Waals surface area contributed by atoms with Crippen LogP contribution in [0.2, 0.25) is 0 Å². The van der Waals surface area contributed by atoms with Gasteiger partial charge in [-0.15, -0.1) is 11.6 Å². The Morgan fingerprint density at radius 2 is 1.78 bits per heavy atom. The number of nitrogens with one attached hydrogen (secondary N) is 1. The van der Waals surface area contributed by atoms with Gasteiger partial charge in [0.2, 0.25) is 5.91 Å². The second-order valence-electron chi connectivity index (χ2n) is 10.0. The largest absolute Gasteiger partial charge is 0.412 e. The second-order valence-corrected chi connectivity index (χ2v) is 10.6. The maximum Gasteiger partial charge on any atom is 0.239 e. The van der Waals surface area contributed by atoms with Gasteiger partial charge in [-0.05, 0) is 55.4 Å². The van der Waals surface area contributed by atoms with Gasteiger partial charge in [0.05, 0.1) is 11.4 Å². The Morgan fingerprint density at radius 3 is 2.28 bits per heavy atom. The number of halogens is 1. The Balaban J connectivity index is -0.00000210. The van der Waals surface area contributed by atoms with E-state index in [0.29, 0.717) is 23.7 Å². The van der Waals surface area contributed by atoms with Crippen LogP contribution in [0.4, 0.5) is 0 Å². The number of hydrogen-bond acceptors (Lipinski definition) is 3. The van der Waals surface area contributed by atoms with Gasteiger partial charge >= 0.3 is 0 Å². The molecule has 2 aliphatic rings. The Bertz CT molecular complexity index is 529. The van der Waals surface area contributed by atoms with E-state index in [9.17, 15) is 4.79 Å². The quantitative estimate of drug-likeness (QED) is 0.280. The SMILES string of the molecule is C.CCCCCCN[C@@H](C(=O)N1CC[C@H](C2C=CC(Cl)CC2)C(C)(C)C1)C(C)C.N.O.O. The minimum atomic E-state index is -0.0550. The number of carbonyl (C=O) groups is 1. The molecule has 194 valence electrons. The molecule has 0 radical (unpaired) electrons. The van der Waals surface area contributed by atoms with Crippen LogP contribution in [-0.4, -0.2) is 52.8 Å². The molecule has 2 rings (SSSR count). The summed E-state index contributed by atoms with van der Waals surface area (Å²) in [5.74, 6) is 1.87. The molecule has 0 bridgehead atoms. The smallest absolute Gasteiger partial charge is 0.239 e. The van der Waals surface area contributed by atoms with Crippen molar-refractivity contribution in [2.75, 3.05) is 19.6 Å². The van der Waals surface area contributed by atoms with Crippen LogP contribution in [0.25, 0.3) is 0 Å². The Hall–Kier alpha value is -0.660. The van der Waals surface area contributed by atoms with Crippen LogP contribution < -0.4 is 11.5 Å². The summed E-state index contributed by atoms with van der Waals surface area (Å²) in [6, 6.07) is -0.0550. The third kappa shape index (κ3) is 10.1. The fourth-order valence-electron chi connectivity index (χ4n) is 5.11. The molecule has 1 aliphatic heterocycles. The molecule has 8 N–H and O–H groups in total. The highest BCUT2D eigenvalue weighted by Crippen LogP contribution is 2.43. The van der Waals surface area contributed by atoms with Gasteiger partial charge < -0.3 is 27.3 Å². The van der Waals surface area contributed by atoms with Crippen molar-refractivity contribution in [2.45, 2.75) is 98.4 Å². The zero-order chi connectivity index (χ0) is 20.7. The van der Waals surface area contributed by atoms with Crippen molar-refractivity contribution in [3.63, 3.8) is 0 Å². The number of alkyl halides is 1. The number of likely N-dealkylation sites (tertiary alicyclic amines) is 1. The highest BCUT2D eigenvalue weighted by atomic mass is 35.5. The minimum Gasteiger partial charge on any atom is -0.412 e. The number of nitrogens with zero attached hydrogens (tertiary/aromatic N) is 1. The van der Waals surface area contributed by atoms with Crippen LogP contribution in [0, 0.1) is 23.2 Å². The molecule has 6 nitrogen and oxygen atoms in total. The molecule has 7 heteroatoms. The Morgan fingerprint density at radius 1 is 1.12 bits per heavy atom. The van der Waals surface area contributed by atoms with E-state index in [-0.39, 0.29) is 41.4 Å². The third-order valence-corrected chi connectivity index (χ3v) is 7.17. The van der Waals surface area contributed by atoms with Gasteiger partial charge in [-0.1, -0.05) is 73.5 Å². The second kappa shape index (κ2) is 16.9. The Kier molecular flexibility index (Phi) is 18.9. The van der Waals surface area contributed by atoms with Crippen molar-refractivity contribution in [3.05, 3.63) is 12.2 Å². The monoisotopic (exact) mass is 479 g/mol. The first-order valence-electron chi connectivity index (χ1n) is 11.6. The lowest BCUT2D eigenvalue weighted by molar-refractivity contribution is -0.139. The van der Waals surface area contributed by atoms with Crippen LogP contribution in [0.5, 0.6) is 0 Å². The number of allylic oxidation sites excluding steroid dienone is 2. The Labute approximate surface area is 203 Å². The first-order valence-corrected chi connectivity index (χ1v) is 12.0. The highest BCUT2D eigenvalue weighted by Gasteiger charge is 2.42. The molecular weight excluding hydrogens is 426 g/mol. The normalized spacial score (nSPS) is 25.0. The molecule has 0 aromatic carbocycles. The number of piperidine rings is 1. The minimum absolute atomic E-state index is 0. The maximum absolute atomic E-state index is 13.3. The van der Waals surface area contributed by atoms with Crippen molar-refractivity contribution in [2.24, 2.45) is 23.2 Å². The van der Waals surface area contributed by atoms with E-state index in [4.69, 9.17) is 11.6 Å². The average Bonchev–Trinajstić information content (AvgIpc) is 2.64. The molecule has 1 aliphatic carbocycles. The molecule has 0 spiro atoms. The molecule has 32 heavy (non-hydrogen) atoms. The van der Waals surface area contributed by atoms with Crippen LogP contribution in [-0.2, 0) is 4.79 Å². The van der Waals surface area contributed by atoms with Crippen molar-refractivity contribution in [3.8, 4) is 0 Å². The lowest BCUT2D eigenvalue weighted by Gasteiger charge is -2.48. The van der Waals surface area contributed by atoms with Crippen molar-refractivity contribution in [1.29, 1.82) is 0 Å². The maximum atomic E-state index is 13.3. The lowest BCUT2D eigenvalue weighted by atomic mass is 9.65. The predicted molar refractivity (Wildman–Crippen MR) is 140 cm³/mol. The van der Waals surface area contributed by atoms with E-state index in [1.165, 1.54) is 25.7 Å². The zero-order valence-corrected chi connectivity index (χ0v) is 21.3. The fourth-order valence-corrected chi connectivity index (χ4v) is 5.32. The molecule has 1 fully saturated rings. The highest BCUT2D eigenvalue weighted by molar-refractivity contribution is 6.21. The van der Waals surface area contributed by atoms with E-state index >= 15 is 0 Å². The number of amides is 1. The van der Waals surface area contributed by atoms with Gasteiger partial charge in [-0.3, -0.25) is 4.79 Å². The van der Waals surface area contributed by atoms with E-state index in [1.807, 2.05) is 0 Å². The molecule has 0 aromatic rings. The van der Waals surface area contributed by atoms with E-state index in [0.717, 1.165) is 38.9 Å². The summed E-state index contributed by atoms with van der Waals surface area (Å²) >= 11 is 6.24. The van der Waals surface area contributed by atoms with Gasteiger partial charge in [0, 0.05) is 13.1 Å². The van der Waals surface area contributed by atoms with Gasteiger partial charge in [0.15, 0.2) is 0 Å². The molecule has 1 heterocycles. The molecule has 0 aromatic heterocycles. The van der Waals surface area contributed by atoms with Gasteiger partial charge in [-0.25, -0.2) is 0 Å². The van der Waals surface area contributed by atoms with Gasteiger partial charge in [0.25, 0.3) is 0 Å². The third-order valence-electron chi connectivity index (χ3n) is 6.81.